The molecule has 0 fully saturated rings. The molecule has 0 spiro atoms. The third kappa shape index (κ3) is 36.3. The Labute approximate surface area is 124 Å². The van der Waals surface area contributed by atoms with Crippen molar-refractivity contribution >= 4 is 43.3 Å². The summed E-state index contributed by atoms with van der Waals surface area (Å²) in [7, 11) is 0. The van der Waals surface area contributed by atoms with Gasteiger partial charge in [-0.05, 0) is 0 Å². The van der Waals surface area contributed by atoms with Crippen LogP contribution in [-0.2, 0) is 51.2 Å². The van der Waals surface area contributed by atoms with Gasteiger partial charge in [0.05, 0.1) is 0 Å². The summed E-state index contributed by atoms with van der Waals surface area (Å²) in [4.78, 5) is 19.3. The molecule has 0 saturated heterocycles. The van der Waals surface area contributed by atoms with Crippen molar-refractivity contribution in [2.45, 2.75) is 13.8 Å². The molecule has 0 aromatic heterocycles. The van der Waals surface area contributed by atoms with Crippen molar-refractivity contribution < 1.29 is 67.6 Å². The normalized spacial score (nSPS) is 8.00. The molecule has 0 unspecified atom stereocenters. The van der Waals surface area contributed by atoms with Gasteiger partial charge in [0, 0.05) is 0 Å². The van der Waals surface area contributed by atoms with Crippen LogP contribution in [0, 0.1) is 0 Å². The molecule has 2 radical (unpaired) electrons. The van der Waals surface area contributed by atoms with E-state index in [0.717, 1.165) is 13.8 Å². The third-order valence-electron chi connectivity index (χ3n) is 0.406. The summed E-state index contributed by atoms with van der Waals surface area (Å²) in [6, 6.07) is 0. The molecule has 8 nitrogen and oxygen atoms in total. The van der Waals surface area contributed by atoms with Crippen LogP contribution in [-0.4, -0.2) is 43.3 Å². The van der Waals surface area contributed by atoms with Gasteiger partial charge >= 0.3 is 125 Å². The molecule has 0 heterocycles. The predicted octanol–water partition coefficient (Wildman–Crippen LogP) is -5.49. The van der Waals surface area contributed by atoms with Gasteiger partial charge in [-0.3, -0.25) is 0 Å². The van der Waals surface area contributed by atoms with E-state index in [1.807, 2.05) is 0 Å². The summed E-state index contributed by atoms with van der Waals surface area (Å²) >= 11 is -7.27. The average molecular weight is 459 g/mol. The zero-order valence-corrected chi connectivity index (χ0v) is 13.4. The topological polar surface area (TPSA) is 145 Å². The Morgan fingerprint density at radius 1 is 0.812 bits per heavy atom. The molecule has 0 N–H and O–H groups in total. The number of hydrogen-bond donors (Lipinski definition) is 0. The van der Waals surface area contributed by atoms with Crippen LogP contribution in [0.3, 0.4) is 0 Å². The average Bonchev–Trinajstić information content (AvgIpc) is 1.79. The fraction of sp³-hybridized carbons (Fsp3) is 0.500. The Balaban J connectivity index is -0.0000000800. The molecule has 0 aromatic carbocycles. The first-order chi connectivity index (χ1) is 6.25. The standard InChI is InChI=1S/2C2H3AsO4.2Cu/c2*1-2(4)7-3(5)6;;/h2*1H3;;/q2*-2;2*+2. The second-order valence-corrected chi connectivity index (χ2v) is 4.26. The number of carbonyl (C=O) groups excluding carboxylic acids is 2. The van der Waals surface area contributed by atoms with Crippen LogP contribution in [0.15, 0.2) is 0 Å². The molecule has 102 valence electrons. The van der Waals surface area contributed by atoms with E-state index in [1.54, 1.807) is 0 Å². The van der Waals surface area contributed by atoms with Crippen LogP contribution < -0.4 is 16.4 Å². The second kappa shape index (κ2) is 15.9. The second-order valence-electron chi connectivity index (χ2n) is 1.61. The van der Waals surface area contributed by atoms with Gasteiger partial charge in [0.1, 0.15) is 0 Å². The first-order valence-corrected chi connectivity index (χ1v) is 7.51. The molecule has 0 bridgehead atoms. The Bertz CT molecular complexity index is 169. The van der Waals surface area contributed by atoms with Gasteiger partial charge in [-0.25, -0.2) is 0 Å². The third-order valence-corrected chi connectivity index (χ3v) is 2.11. The molecule has 0 rings (SSSR count). The van der Waals surface area contributed by atoms with E-state index in [2.05, 4.69) is 7.45 Å². The monoisotopic (exact) mass is 458 g/mol. The van der Waals surface area contributed by atoms with Crippen molar-refractivity contribution in [2.75, 3.05) is 0 Å². The SMILES string of the molecule is CC(=O)O[As]([O-])[O-].CC(=O)O[As]([O-])[O-].[Cu+2].[Cu+2]. The summed E-state index contributed by atoms with van der Waals surface area (Å²) in [5.74, 6) is -1.55. The van der Waals surface area contributed by atoms with Crippen LogP contribution in [0.1, 0.15) is 13.8 Å². The minimum Gasteiger partial charge on any atom is 2.00 e. The first kappa shape index (κ1) is 25.7. The van der Waals surface area contributed by atoms with Gasteiger partial charge in [-0.1, -0.05) is 0 Å². The summed E-state index contributed by atoms with van der Waals surface area (Å²) in [5.41, 5.74) is 0. The van der Waals surface area contributed by atoms with Crippen LogP contribution >= 0.6 is 0 Å². The van der Waals surface area contributed by atoms with Crippen molar-refractivity contribution in [3.05, 3.63) is 0 Å². The predicted molar refractivity (Wildman–Crippen MR) is 35.0 cm³/mol. The Kier molecular flexibility index (Phi) is 25.6. The number of hydrogen-bond acceptors (Lipinski definition) is 8. The van der Waals surface area contributed by atoms with E-state index in [1.165, 1.54) is 0 Å². The van der Waals surface area contributed by atoms with Gasteiger partial charge in [-0.15, -0.1) is 0 Å². The van der Waals surface area contributed by atoms with Crippen LogP contribution in [0.25, 0.3) is 0 Å². The van der Waals surface area contributed by atoms with Crippen molar-refractivity contribution in [1.82, 2.24) is 0 Å². The zero-order chi connectivity index (χ0) is 11.7. The van der Waals surface area contributed by atoms with Gasteiger partial charge in [0.2, 0.25) is 0 Å². The fourth-order valence-corrected chi connectivity index (χ4v) is 1.09. The van der Waals surface area contributed by atoms with Crippen molar-refractivity contribution in [3.8, 4) is 0 Å². The number of carbonyl (C=O) groups is 2. The maximum atomic E-state index is 9.67. The minimum atomic E-state index is -3.63. The maximum Gasteiger partial charge on any atom is 2.00 e. The van der Waals surface area contributed by atoms with Crippen molar-refractivity contribution in [3.63, 3.8) is 0 Å². The molecule has 0 aliphatic rings. The maximum absolute atomic E-state index is 9.67. The summed E-state index contributed by atoms with van der Waals surface area (Å²) < 4.78 is 45.2. The summed E-state index contributed by atoms with van der Waals surface area (Å²) in [6.45, 7) is 2.08. The van der Waals surface area contributed by atoms with Gasteiger partial charge in [-0.2, -0.15) is 0 Å². The zero-order valence-electron chi connectivity index (χ0n) is 7.76. The van der Waals surface area contributed by atoms with E-state index in [0.29, 0.717) is 0 Å². The molecule has 0 saturated carbocycles. The summed E-state index contributed by atoms with van der Waals surface area (Å²) in [5, 5.41) is 0. The molecule has 16 heavy (non-hydrogen) atoms. The molecule has 0 aromatic rings. The largest absolute Gasteiger partial charge is 2.00 e. The minimum absolute atomic E-state index is 0. The molecular formula is C4H6As2Cu2O8. The number of rotatable bonds is 2. The summed E-state index contributed by atoms with van der Waals surface area (Å²) in [6.07, 6.45) is 0. The molecule has 0 atom stereocenters. The smallest absolute Gasteiger partial charge is 2.00 e. The van der Waals surface area contributed by atoms with Crippen molar-refractivity contribution in [1.29, 1.82) is 0 Å². The Morgan fingerprint density at radius 2 is 1.00 bits per heavy atom. The van der Waals surface area contributed by atoms with E-state index >= 15 is 0 Å². The van der Waals surface area contributed by atoms with Crippen LogP contribution in [0.5, 0.6) is 0 Å². The Morgan fingerprint density at radius 3 is 1.00 bits per heavy atom. The van der Waals surface area contributed by atoms with E-state index in [9.17, 15) is 26.0 Å². The van der Waals surface area contributed by atoms with E-state index < -0.39 is 43.3 Å². The van der Waals surface area contributed by atoms with Gasteiger partial charge in [0.15, 0.2) is 0 Å². The van der Waals surface area contributed by atoms with Crippen molar-refractivity contribution in [2.24, 2.45) is 0 Å². The van der Waals surface area contributed by atoms with Crippen LogP contribution in [0.4, 0.5) is 0 Å². The molecule has 12 heteroatoms. The molecule has 0 aliphatic carbocycles. The van der Waals surface area contributed by atoms with Crippen LogP contribution in [0.2, 0.25) is 0 Å². The van der Waals surface area contributed by atoms with E-state index in [-0.39, 0.29) is 34.1 Å². The molecule has 0 amide bonds. The van der Waals surface area contributed by atoms with E-state index in [4.69, 9.17) is 0 Å². The Hall–Kier alpha value is 0.936. The quantitative estimate of drug-likeness (QED) is 0.372. The molecular weight excluding hydrogens is 453 g/mol. The fourth-order valence-electron chi connectivity index (χ4n) is 0.210. The van der Waals surface area contributed by atoms with Gasteiger partial charge in [0.25, 0.3) is 0 Å². The molecule has 0 aliphatic heterocycles. The van der Waals surface area contributed by atoms with Gasteiger partial charge < -0.3 is 0 Å². The first-order valence-electron chi connectivity index (χ1n) is 2.91.